The molecule has 2 heterocycles. The van der Waals surface area contributed by atoms with Crippen LogP contribution in [-0.4, -0.2) is 37.6 Å². The molecule has 0 bridgehead atoms. The van der Waals surface area contributed by atoms with E-state index in [0.717, 1.165) is 21.7 Å². The number of rotatable bonds is 6. The largest absolute Gasteiger partial charge is 0.573 e. The van der Waals surface area contributed by atoms with Crippen LogP contribution in [0.2, 0.25) is 0 Å². The van der Waals surface area contributed by atoms with Gasteiger partial charge in [-0.05, 0) is 30.4 Å². The summed E-state index contributed by atoms with van der Waals surface area (Å²) in [6.07, 6.45) is -3.98. The molecule has 1 aliphatic heterocycles. The first-order chi connectivity index (χ1) is 13.2. The number of nitrogens with zero attached hydrogens (tertiary/aromatic N) is 1. The third-order valence-corrected chi connectivity index (χ3v) is 7.50. The van der Waals surface area contributed by atoms with E-state index in [0.29, 0.717) is 12.8 Å². The van der Waals surface area contributed by atoms with E-state index >= 15 is 0 Å². The van der Waals surface area contributed by atoms with Crippen LogP contribution >= 0.6 is 11.3 Å². The summed E-state index contributed by atoms with van der Waals surface area (Å²) in [5, 5.41) is 4.16. The number of hydrogen-bond acceptors (Lipinski definition) is 5. The Balaban J connectivity index is 1.70. The van der Waals surface area contributed by atoms with Crippen LogP contribution in [0.4, 0.5) is 13.2 Å². The maximum atomic E-state index is 12.7. The summed E-state index contributed by atoms with van der Waals surface area (Å²) in [5.74, 6) is -0.968. The monoisotopic (exact) mass is 434 g/mol. The normalized spacial score (nSPS) is 18.2. The number of thiophene rings is 1. The van der Waals surface area contributed by atoms with E-state index < -0.39 is 34.1 Å². The van der Waals surface area contributed by atoms with E-state index in [4.69, 9.17) is 0 Å². The SMILES string of the molecule is O=C(NCc1ccccc1OC(F)(F)F)C1CCCN1S(=O)(=O)c1cccs1. The van der Waals surface area contributed by atoms with Gasteiger partial charge in [-0.3, -0.25) is 4.79 Å². The number of amides is 1. The van der Waals surface area contributed by atoms with E-state index in [1.807, 2.05) is 0 Å². The molecule has 0 spiro atoms. The van der Waals surface area contributed by atoms with Gasteiger partial charge in [0.2, 0.25) is 5.91 Å². The topological polar surface area (TPSA) is 75.7 Å². The van der Waals surface area contributed by atoms with Crippen LogP contribution in [0.5, 0.6) is 5.75 Å². The number of benzene rings is 1. The van der Waals surface area contributed by atoms with Crippen molar-refractivity contribution in [3.8, 4) is 5.75 Å². The predicted octanol–water partition coefficient (Wildman–Crippen LogP) is 3.12. The predicted molar refractivity (Wildman–Crippen MR) is 96.2 cm³/mol. The molecule has 1 atom stereocenters. The third-order valence-electron chi connectivity index (χ3n) is 4.22. The van der Waals surface area contributed by atoms with Crippen LogP contribution in [0.1, 0.15) is 18.4 Å². The summed E-state index contributed by atoms with van der Waals surface area (Å²) in [6, 6.07) is 7.64. The lowest BCUT2D eigenvalue weighted by molar-refractivity contribution is -0.274. The highest BCUT2D eigenvalue weighted by Crippen LogP contribution is 2.29. The molecule has 1 aliphatic rings. The number of ether oxygens (including phenoxy) is 1. The molecule has 1 aromatic carbocycles. The Kier molecular flexibility index (Phi) is 5.96. The van der Waals surface area contributed by atoms with E-state index in [1.54, 1.807) is 11.4 Å². The van der Waals surface area contributed by atoms with E-state index in [-0.39, 0.29) is 22.9 Å². The number of para-hydroxylation sites is 1. The maximum Gasteiger partial charge on any atom is 0.573 e. The lowest BCUT2D eigenvalue weighted by Crippen LogP contribution is -2.45. The first kappa shape index (κ1) is 20.6. The van der Waals surface area contributed by atoms with Crippen molar-refractivity contribution in [3.63, 3.8) is 0 Å². The van der Waals surface area contributed by atoms with Crippen LogP contribution < -0.4 is 10.1 Å². The Morgan fingerprint density at radius 2 is 2.00 bits per heavy atom. The van der Waals surface area contributed by atoms with Gasteiger partial charge in [0, 0.05) is 18.7 Å². The number of nitrogens with one attached hydrogen (secondary N) is 1. The summed E-state index contributed by atoms with van der Waals surface area (Å²) in [6.45, 7) is 0.000564. The standard InChI is InChI=1S/C17H17F3N2O4S2/c18-17(19,20)26-14-7-2-1-5-12(14)11-21-16(23)13-6-3-9-22(13)28(24,25)15-8-4-10-27-15/h1-2,4-5,7-8,10,13H,3,6,9,11H2,(H,21,23). The molecule has 1 fully saturated rings. The summed E-state index contributed by atoms with van der Waals surface area (Å²) in [7, 11) is -3.79. The first-order valence-electron chi connectivity index (χ1n) is 8.35. The molecule has 11 heteroatoms. The van der Waals surface area contributed by atoms with Gasteiger partial charge >= 0.3 is 6.36 Å². The van der Waals surface area contributed by atoms with Crippen LogP contribution in [0.3, 0.4) is 0 Å². The zero-order valence-corrected chi connectivity index (χ0v) is 16.1. The van der Waals surface area contributed by atoms with Gasteiger partial charge in [-0.2, -0.15) is 4.31 Å². The van der Waals surface area contributed by atoms with E-state index in [9.17, 15) is 26.4 Å². The van der Waals surface area contributed by atoms with Gasteiger partial charge in [0.15, 0.2) is 0 Å². The van der Waals surface area contributed by atoms with Crippen molar-refractivity contribution in [1.29, 1.82) is 0 Å². The highest BCUT2D eigenvalue weighted by Gasteiger charge is 2.40. The molecule has 3 rings (SSSR count). The van der Waals surface area contributed by atoms with Crippen molar-refractivity contribution < 1.29 is 31.1 Å². The molecule has 28 heavy (non-hydrogen) atoms. The molecule has 2 aromatic rings. The van der Waals surface area contributed by atoms with Gasteiger partial charge in [-0.25, -0.2) is 8.42 Å². The Bertz CT molecular complexity index is 930. The van der Waals surface area contributed by atoms with Gasteiger partial charge in [-0.1, -0.05) is 24.3 Å². The molecule has 1 saturated heterocycles. The van der Waals surface area contributed by atoms with Crippen LogP contribution in [-0.2, 0) is 21.4 Å². The van der Waals surface area contributed by atoms with Crippen molar-refractivity contribution in [3.05, 3.63) is 47.3 Å². The van der Waals surface area contributed by atoms with Gasteiger partial charge in [0.1, 0.15) is 16.0 Å². The maximum absolute atomic E-state index is 12.7. The summed E-state index contributed by atoms with van der Waals surface area (Å²) >= 11 is 1.06. The zero-order chi connectivity index (χ0) is 20.4. The molecule has 0 radical (unpaired) electrons. The van der Waals surface area contributed by atoms with Gasteiger partial charge in [-0.15, -0.1) is 24.5 Å². The zero-order valence-electron chi connectivity index (χ0n) is 14.5. The Labute approximate surface area is 164 Å². The van der Waals surface area contributed by atoms with Crippen LogP contribution in [0, 0.1) is 0 Å². The van der Waals surface area contributed by atoms with E-state index in [1.165, 1.54) is 24.3 Å². The Morgan fingerprint density at radius 1 is 1.25 bits per heavy atom. The van der Waals surface area contributed by atoms with Gasteiger partial charge in [0.25, 0.3) is 10.0 Å². The second-order valence-corrected chi connectivity index (χ2v) is 9.14. The molecular weight excluding hydrogens is 417 g/mol. The highest BCUT2D eigenvalue weighted by atomic mass is 32.2. The number of carbonyl (C=O) groups is 1. The van der Waals surface area contributed by atoms with Crippen molar-refractivity contribution in [2.24, 2.45) is 0 Å². The lowest BCUT2D eigenvalue weighted by atomic mass is 10.2. The molecule has 0 aliphatic carbocycles. The Morgan fingerprint density at radius 3 is 2.68 bits per heavy atom. The third kappa shape index (κ3) is 4.65. The second kappa shape index (κ2) is 8.10. The minimum Gasteiger partial charge on any atom is -0.405 e. The number of hydrogen-bond donors (Lipinski definition) is 1. The van der Waals surface area contributed by atoms with Crippen molar-refractivity contribution in [1.82, 2.24) is 9.62 Å². The average molecular weight is 434 g/mol. The van der Waals surface area contributed by atoms with Crippen molar-refractivity contribution >= 4 is 27.3 Å². The minimum atomic E-state index is -4.85. The second-order valence-electron chi connectivity index (χ2n) is 6.08. The average Bonchev–Trinajstić information content (AvgIpc) is 3.31. The van der Waals surface area contributed by atoms with E-state index in [2.05, 4.69) is 10.1 Å². The first-order valence-corrected chi connectivity index (χ1v) is 10.7. The highest BCUT2D eigenvalue weighted by molar-refractivity contribution is 7.91. The number of carbonyl (C=O) groups excluding carboxylic acids is 1. The minimum absolute atomic E-state index is 0.138. The van der Waals surface area contributed by atoms with Crippen molar-refractivity contribution in [2.45, 2.75) is 36.0 Å². The summed E-state index contributed by atoms with van der Waals surface area (Å²) in [5.41, 5.74) is 0.138. The van der Waals surface area contributed by atoms with Crippen LogP contribution in [0.25, 0.3) is 0 Å². The molecule has 0 saturated carbocycles. The Hall–Kier alpha value is -2.11. The lowest BCUT2D eigenvalue weighted by Gasteiger charge is -2.23. The fourth-order valence-electron chi connectivity index (χ4n) is 2.99. The molecular formula is C17H17F3N2O4S2. The van der Waals surface area contributed by atoms with Crippen LogP contribution in [0.15, 0.2) is 46.0 Å². The number of sulfonamides is 1. The molecule has 1 unspecified atom stereocenters. The summed E-state index contributed by atoms with van der Waals surface area (Å²) < 4.78 is 68.2. The fourth-order valence-corrected chi connectivity index (χ4v) is 5.77. The number of alkyl halides is 3. The van der Waals surface area contributed by atoms with Crippen molar-refractivity contribution in [2.75, 3.05) is 6.54 Å². The molecule has 1 N–H and O–H groups in total. The summed E-state index contributed by atoms with van der Waals surface area (Å²) in [4.78, 5) is 12.6. The number of halogens is 3. The molecule has 1 amide bonds. The van der Waals surface area contributed by atoms with Gasteiger partial charge in [0.05, 0.1) is 0 Å². The van der Waals surface area contributed by atoms with Gasteiger partial charge < -0.3 is 10.1 Å². The molecule has 6 nitrogen and oxygen atoms in total. The molecule has 152 valence electrons. The quantitative estimate of drug-likeness (QED) is 0.758. The smallest absolute Gasteiger partial charge is 0.405 e. The molecule has 1 aromatic heterocycles. The fraction of sp³-hybridized carbons (Fsp3) is 0.353.